The van der Waals surface area contributed by atoms with Gasteiger partial charge in [0.25, 0.3) is 0 Å². The standard InChI is InChI=1S/C19H19NO6/c1-19(18(24)25)13-9-16(22)15(21)8-12(13)7-14(20-19)17(23)26-10-11-5-3-2-4-6-11/h2-6,8-9,14,20-22H,7,10H2,1H3,(H,24,25)/t14-,19?/m0/s1. The molecule has 1 aliphatic heterocycles. The predicted molar refractivity (Wildman–Crippen MR) is 91.6 cm³/mol. The van der Waals surface area contributed by atoms with E-state index < -0.39 is 29.3 Å². The zero-order valence-electron chi connectivity index (χ0n) is 14.1. The summed E-state index contributed by atoms with van der Waals surface area (Å²) in [5, 5.41) is 31.9. The second kappa shape index (κ2) is 6.68. The van der Waals surface area contributed by atoms with E-state index in [4.69, 9.17) is 4.74 Å². The lowest BCUT2D eigenvalue weighted by Crippen LogP contribution is -2.58. The Morgan fingerprint density at radius 1 is 1.19 bits per heavy atom. The van der Waals surface area contributed by atoms with Gasteiger partial charge in [-0.15, -0.1) is 0 Å². The minimum atomic E-state index is -1.60. The predicted octanol–water partition coefficient (Wildman–Crippen LogP) is 1.66. The van der Waals surface area contributed by atoms with Crippen LogP contribution in [0.25, 0.3) is 0 Å². The maximum atomic E-state index is 12.5. The van der Waals surface area contributed by atoms with Crippen LogP contribution < -0.4 is 5.32 Å². The molecule has 0 saturated carbocycles. The van der Waals surface area contributed by atoms with Crippen LogP contribution in [0, 0.1) is 0 Å². The van der Waals surface area contributed by atoms with Gasteiger partial charge in [-0.3, -0.25) is 10.1 Å². The third kappa shape index (κ3) is 3.21. The summed E-state index contributed by atoms with van der Waals surface area (Å²) in [4.78, 5) is 24.3. The van der Waals surface area contributed by atoms with Gasteiger partial charge in [-0.05, 0) is 42.2 Å². The molecule has 7 nitrogen and oxygen atoms in total. The second-order valence-electron chi connectivity index (χ2n) is 6.42. The number of aliphatic carboxylic acids is 1. The Hall–Kier alpha value is -3.06. The number of carboxylic acids is 1. The highest BCUT2D eigenvalue weighted by Crippen LogP contribution is 2.38. The first-order valence-corrected chi connectivity index (χ1v) is 8.08. The van der Waals surface area contributed by atoms with E-state index in [-0.39, 0.29) is 18.8 Å². The van der Waals surface area contributed by atoms with Crippen molar-refractivity contribution in [2.24, 2.45) is 0 Å². The zero-order valence-corrected chi connectivity index (χ0v) is 14.1. The van der Waals surface area contributed by atoms with Crippen LogP contribution in [0.1, 0.15) is 23.6 Å². The average molecular weight is 357 g/mol. The van der Waals surface area contributed by atoms with E-state index in [9.17, 15) is 24.9 Å². The number of rotatable bonds is 4. The Bertz CT molecular complexity index is 851. The quantitative estimate of drug-likeness (QED) is 0.486. The summed E-state index contributed by atoms with van der Waals surface area (Å²) in [5.74, 6) is -2.57. The zero-order chi connectivity index (χ0) is 18.9. The largest absolute Gasteiger partial charge is 0.504 e. The number of phenols is 2. The fraction of sp³-hybridized carbons (Fsp3) is 0.263. The van der Waals surface area contributed by atoms with Gasteiger partial charge in [-0.25, -0.2) is 4.79 Å². The van der Waals surface area contributed by atoms with E-state index in [0.717, 1.165) is 5.56 Å². The second-order valence-corrected chi connectivity index (χ2v) is 6.42. The molecule has 26 heavy (non-hydrogen) atoms. The first-order valence-electron chi connectivity index (χ1n) is 8.08. The average Bonchev–Trinajstić information content (AvgIpc) is 2.62. The Morgan fingerprint density at radius 2 is 1.85 bits per heavy atom. The van der Waals surface area contributed by atoms with Crippen LogP contribution in [0.2, 0.25) is 0 Å². The van der Waals surface area contributed by atoms with Gasteiger partial charge in [0.15, 0.2) is 11.5 Å². The van der Waals surface area contributed by atoms with Gasteiger partial charge in [0.2, 0.25) is 0 Å². The molecule has 136 valence electrons. The number of hydrogen-bond donors (Lipinski definition) is 4. The molecule has 2 aromatic rings. The number of phenolic OH excluding ortho intramolecular Hbond substituents is 2. The van der Waals surface area contributed by atoms with E-state index in [1.165, 1.54) is 19.1 Å². The molecule has 0 saturated heterocycles. The van der Waals surface area contributed by atoms with Gasteiger partial charge in [-0.2, -0.15) is 0 Å². The van der Waals surface area contributed by atoms with E-state index in [1.807, 2.05) is 30.3 Å². The Balaban J connectivity index is 1.85. The highest BCUT2D eigenvalue weighted by atomic mass is 16.5. The minimum Gasteiger partial charge on any atom is -0.504 e. The van der Waals surface area contributed by atoms with Crippen LogP contribution in [0.4, 0.5) is 0 Å². The number of benzene rings is 2. The molecule has 7 heteroatoms. The Labute approximate surface area is 149 Å². The van der Waals surface area contributed by atoms with Crippen LogP contribution in [0.15, 0.2) is 42.5 Å². The molecular formula is C19H19NO6. The summed E-state index contributed by atoms with van der Waals surface area (Å²) in [7, 11) is 0. The van der Waals surface area contributed by atoms with Crippen molar-refractivity contribution in [1.82, 2.24) is 5.32 Å². The number of hydrogen-bond acceptors (Lipinski definition) is 6. The Morgan fingerprint density at radius 3 is 2.50 bits per heavy atom. The molecule has 2 atom stereocenters. The molecule has 0 bridgehead atoms. The van der Waals surface area contributed by atoms with Gasteiger partial charge < -0.3 is 20.1 Å². The summed E-state index contributed by atoms with van der Waals surface area (Å²) in [5.41, 5.74) is -0.0199. The first-order chi connectivity index (χ1) is 12.3. The SMILES string of the molecule is CC1(C(=O)O)N[C@H](C(=O)OCc2ccccc2)Cc2cc(O)c(O)cc21. The first kappa shape index (κ1) is 17.8. The summed E-state index contributed by atoms with van der Waals surface area (Å²) in [6.07, 6.45) is 0.139. The lowest BCUT2D eigenvalue weighted by Gasteiger charge is -2.37. The monoisotopic (exact) mass is 357 g/mol. The normalized spacial score (nSPS) is 21.7. The van der Waals surface area contributed by atoms with E-state index in [2.05, 4.69) is 5.32 Å². The molecule has 1 heterocycles. The van der Waals surface area contributed by atoms with Crippen LogP contribution >= 0.6 is 0 Å². The van der Waals surface area contributed by atoms with Crippen molar-refractivity contribution in [2.75, 3.05) is 0 Å². The molecule has 0 spiro atoms. The number of aromatic hydroxyl groups is 2. The highest BCUT2D eigenvalue weighted by molar-refractivity contribution is 5.85. The molecule has 1 unspecified atom stereocenters. The third-order valence-electron chi connectivity index (χ3n) is 4.56. The number of ether oxygens (including phenoxy) is 1. The van der Waals surface area contributed by atoms with Crippen molar-refractivity contribution >= 4 is 11.9 Å². The molecule has 2 aromatic carbocycles. The smallest absolute Gasteiger partial charge is 0.328 e. The van der Waals surface area contributed by atoms with Crippen LogP contribution in [0.3, 0.4) is 0 Å². The highest BCUT2D eigenvalue weighted by Gasteiger charge is 2.45. The molecule has 0 aliphatic carbocycles. The molecule has 3 rings (SSSR count). The van der Waals surface area contributed by atoms with Crippen LogP contribution in [0.5, 0.6) is 11.5 Å². The number of esters is 1. The molecule has 0 amide bonds. The van der Waals surface area contributed by atoms with Gasteiger partial charge in [0, 0.05) is 0 Å². The fourth-order valence-corrected chi connectivity index (χ4v) is 3.10. The van der Waals surface area contributed by atoms with Gasteiger partial charge >= 0.3 is 11.9 Å². The summed E-state index contributed by atoms with van der Waals surface area (Å²) in [6.45, 7) is 1.48. The number of nitrogens with one attached hydrogen (secondary N) is 1. The van der Waals surface area contributed by atoms with Crippen LogP contribution in [-0.4, -0.2) is 33.3 Å². The summed E-state index contributed by atoms with van der Waals surface area (Å²) < 4.78 is 5.30. The maximum absolute atomic E-state index is 12.5. The fourth-order valence-electron chi connectivity index (χ4n) is 3.10. The van der Waals surface area contributed by atoms with Gasteiger partial charge in [0.05, 0.1) is 0 Å². The maximum Gasteiger partial charge on any atom is 0.328 e. The van der Waals surface area contributed by atoms with Gasteiger partial charge in [0.1, 0.15) is 18.2 Å². The van der Waals surface area contributed by atoms with E-state index in [0.29, 0.717) is 11.1 Å². The van der Waals surface area contributed by atoms with Crippen molar-refractivity contribution < 1.29 is 29.6 Å². The lowest BCUT2D eigenvalue weighted by molar-refractivity contribution is -0.151. The Kier molecular flexibility index (Phi) is 4.56. The van der Waals surface area contributed by atoms with Crippen molar-refractivity contribution in [1.29, 1.82) is 0 Å². The number of fused-ring (bicyclic) bond motifs is 1. The summed E-state index contributed by atoms with van der Waals surface area (Å²) >= 11 is 0. The number of carboxylic acid groups (broad SMARTS) is 1. The van der Waals surface area contributed by atoms with Crippen molar-refractivity contribution in [2.45, 2.75) is 31.5 Å². The number of carbonyl (C=O) groups excluding carboxylic acids is 1. The number of carbonyl (C=O) groups is 2. The van der Waals surface area contributed by atoms with Gasteiger partial charge in [-0.1, -0.05) is 30.3 Å². The van der Waals surface area contributed by atoms with Crippen molar-refractivity contribution in [3.05, 3.63) is 59.2 Å². The van der Waals surface area contributed by atoms with E-state index in [1.54, 1.807) is 0 Å². The van der Waals surface area contributed by atoms with Crippen molar-refractivity contribution in [3.8, 4) is 11.5 Å². The molecule has 1 aliphatic rings. The third-order valence-corrected chi connectivity index (χ3v) is 4.56. The minimum absolute atomic E-state index is 0.0787. The topological polar surface area (TPSA) is 116 Å². The molecule has 4 N–H and O–H groups in total. The summed E-state index contributed by atoms with van der Waals surface area (Å²) in [6, 6.07) is 10.7. The lowest BCUT2D eigenvalue weighted by atomic mass is 9.80. The van der Waals surface area contributed by atoms with E-state index >= 15 is 0 Å². The molecule has 0 aromatic heterocycles. The van der Waals surface area contributed by atoms with Crippen LogP contribution in [-0.2, 0) is 32.9 Å². The molecule has 0 radical (unpaired) electrons. The van der Waals surface area contributed by atoms with Crippen molar-refractivity contribution in [3.63, 3.8) is 0 Å². The molecule has 0 fully saturated rings. The molecular weight excluding hydrogens is 338 g/mol.